The molecule has 10 heteroatoms. The number of aromatic nitrogens is 2. The second kappa shape index (κ2) is 4.62. The molecule has 108 valence electrons. The van der Waals surface area contributed by atoms with Crippen LogP contribution in [0.25, 0.3) is 5.65 Å². The van der Waals surface area contributed by atoms with Gasteiger partial charge in [-0.2, -0.15) is 0 Å². The summed E-state index contributed by atoms with van der Waals surface area (Å²) in [6, 6.07) is 2.04. The summed E-state index contributed by atoms with van der Waals surface area (Å²) in [6.07, 6.45) is 1.09. The van der Waals surface area contributed by atoms with Crippen LogP contribution in [-0.2, 0) is 15.8 Å². The van der Waals surface area contributed by atoms with E-state index in [1.54, 1.807) is 0 Å². The third kappa shape index (κ3) is 2.31. The topological polar surface area (TPSA) is 112 Å². The standard InChI is InChI=1S/C10H9F2N2O5P/c11-6-1-2-14-7(5-13-8(14)3-6)4-10(12,9(15)16)20(17,18)19/h1-3,5H,4H2,(H,15,16)(H2,17,18,19). The molecule has 7 nitrogen and oxygen atoms in total. The van der Waals surface area contributed by atoms with Gasteiger partial charge in [0.25, 0.3) is 0 Å². The van der Waals surface area contributed by atoms with Crippen molar-refractivity contribution in [3.05, 3.63) is 36.0 Å². The van der Waals surface area contributed by atoms with Crippen LogP contribution in [0.1, 0.15) is 5.69 Å². The molecular formula is C10H9F2N2O5P. The zero-order chi connectivity index (χ0) is 15.1. The maximum Gasteiger partial charge on any atom is 0.374 e. The molecule has 0 amide bonds. The van der Waals surface area contributed by atoms with Gasteiger partial charge in [-0.05, 0) is 6.07 Å². The maximum absolute atomic E-state index is 14.1. The Kier molecular flexibility index (Phi) is 3.37. The van der Waals surface area contributed by atoms with E-state index in [9.17, 15) is 18.1 Å². The van der Waals surface area contributed by atoms with Gasteiger partial charge in [0.2, 0.25) is 0 Å². The predicted octanol–water partition coefficient (Wildman–Crippen LogP) is 0.944. The molecule has 1 atom stereocenters. The van der Waals surface area contributed by atoms with Crippen LogP contribution in [-0.4, -0.2) is 35.7 Å². The summed E-state index contributed by atoms with van der Waals surface area (Å²) >= 11 is 0. The molecule has 20 heavy (non-hydrogen) atoms. The van der Waals surface area contributed by atoms with E-state index >= 15 is 0 Å². The minimum Gasteiger partial charge on any atom is -0.478 e. The summed E-state index contributed by atoms with van der Waals surface area (Å²) in [4.78, 5) is 32.3. The molecule has 3 N–H and O–H groups in total. The summed E-state index contributed by atoms with van der Waals surface area (Å²) < 4.78 is 39.3. The van der Waals surface area contributed by atoms with Crippen molar-refractivity contribution in [1.82, 2.24) is 9.38 Å². The van der Waals surface area contributed by atoms with Crippen molar-refractivity contribution in [3.63, 3.8) is 0 Å². The lowest BCUT2D eigenvalue weighted by molar-refractivity contribution is -0.146. The molecule has 2 aromatic heterocycles. The van der Waals surface area contributed by atoms with Crippen molar-refractivity contribution < 1.29 is 33.0 Å². The van der Waals surface area contributed by atoms with E-state index in [1.807, 2.05) is 0 Å². The van der Waals surface area contributed by atoms with Gasteiger partial charge in [-0.15, -0.1) is 0 Å². The van der Waals surface area contributed by atoms with Gasteiger partial charge in [-0.25, -0.2) is 18.6 Å². The number of aliphatic carboxylic acids is 1. The molecular weight excluding hydrogens is 297 g/mol. The van der Waals surface area contributed by atoms with Crippen molar-refractivity contribution in [3.8, 4) is 0 Å². The molecule has 0 aliphatic rings. The first kappa shape index (κ1) is 14.6. The average Bonchev–Trinajstić information content (AvgIpc) is 2.69. The molecule has 0 bridgehead atoms. The van der Waals surface area contributed by atoms with Crippen LogP contribution >= 0.6 is 7.60 Å². The van der Waals surface area contributed by atoms with Crippen LogP contribution in [0, 0.1) is 5.82 Å². The lowest BCUT2D eigenvalue weighted by Crippen LogP contribution is -2.36. The quantitative estimate of drug-likeness (QED) is 0.725. The molecule has 0 radical (unpaired) electrons. The Balaban J connectivity index is 2.50. The van der Waals surface area contributed by atoms with Crippen LogP contribution < -0.4 is 0 Å². The van der Waals surface area contributed by atoms with Gasteiger partial charge in [0.15, 0.2) is 0 Å². The molecule has 2 rings (SSSR count). The highest BCUT2D eigenvalue weighted by atomic mass is 31.2. The van der Waals surface area contributed by atoms with Crippen LogP contribution in [0.4, 0.5) is 8.78 Å². The number of carbonyl (C=O) groups is 1. The second-order valence-corrected chi connectivity index (χ2v) is 5.90. The minimum atomic E-state index is -5.55. The fraction of sp³-hybridized carbons (Fsp3) is 0.200. The Hall–Kier alpha value is -1.83. The number of rotatable bonds is 4. The summed E-state index contributed by atoms with van der Waals surface area (Å²) in [5.74, 6) is -2.88. The smallest absolute Gasteiger partial charge is 0.374 e. The summed E-state index contributed by atoms with van der Waals surface area (Å²) in [5, 5.41) is 4.96. The van der Waals surface area contributed by atoms with Crippen LogP contribution in [0.2, 0.25) is 0 Å². The number of carboxylic acid groups (broad SMARTS) is 1. The SMILES string of the molecule is O=C(O)C(F)(Cc1cnc2cc(F)ccn12)P(=O)(O)O. The van der Waals surface area contributed by atoms with E-state index in [-0.39, 0.29) is 11.3 Å². The summed E-state index contributed by atoms with van der Waals surface area (Å²) in [7, 11) is -5.55. The number of pyridine rings is 1. The van der Waals surface area contributed by atoms with Crippen molar-refractivity contribution in [1.29, 1.82) is 0 Å². The fourth-order valence-electron chi connectivity index (χ4n) is 1.68. The third-order valence-electron chi connectivity index (χ3n) is 2.76. The van der Waals surface area contributed by atoms with Gasteiger partial charge >= 0.3 is 19.0 Å². The van der Waals surface area contributed by atoms with Crippen LogP contribution in [0.3, 0.4) is 0 Å². The molecule has 0 saturated carbocycles. The van der Waals surface area contributed by atoms with Gasteiger partial charge in [0.1, 0.15) is 11.5 Å². The summed E-state index contributed by atoms with van der Waals surface area (Å²) in [5.41, 5.74) is -0.0355. The zero-order valence-corrected chi connectivity index (χ0v) is 10.7. The van der Waals surface area contributed by atoms with Crippen LogP contribution in [0.5, 0.6) is 0 Å². The monoisotopic (exact) mass is 306 g/mol. The molecule has 0 aliphatic heterocycles. The first-order valence-corrected chi connectivity index (χ1v) is 6.86. The predicted molar refractivity (Wildman–Crippen MR) is 62.4 cm³/mol. The Morgan fingerprint density at radius 3 is 2.70 bits per heavy atom. The van der Waals surface area contributed by atoms with Gasteiger partial charge in [-0.3, -0.25) is 4.57 Å². The van der Waals surface area contributed by atoms with Crippen molar-refractivity contribution >= 4 is 19.2 Å². The number of hydrogen-bond donors (Lipinski definition) is 3. The molecule has 1 unspecified atom stereocenters. The van der Waals surface area contributed by atoms with E-state index in [2.05, 4.69) is 4.98 Å². The molecule has 0 fully saturated rings. The first-order valence-electron chi connectivity index (χ1n) is 5.24. The van der Waals surface area contributed by atoms with Gasteiger partial charge in [-0.1, -0.05) is 0 Å². The van der Waals surface area contributed by atoms with E-state index in [0.29, 0.717) is 0 Å². The third-order valence-corrected chi connectivity index (χ3v) is 4.03. The molecule has 0 spiro atoms. The van der Waals surface area contributed by atoms with Crippen molar-refractivity contribution in [2.75, 3.05) is 0 Å². The number of nitrogens with zero attached hydrogens (tertiary/aromatic N) is 2. The van der Waals surface area contributed by atoms with Crippen molar-refractivity contribution in [2.45, 2.75) is 11.8 Å². The number of hydrogen-bond acceptors (Lipinski definition) is 3. The Labute approximate surface area is 110 Å². The highest BCUT2D eigenvalue weighted by Gasteiger charge is 2.55. The fourth-order valence-corrected chi connectivity index (χ4v) is 2.30. The van der Waals surface area contributed by atoms with E-state index in [0.717, 1.165) is 28.9 Å². The van der Waals surface area contributed by atoms with Crippen LogP contribution in [0.15, 0.2) is 24.5 Å². The lowest BCUT2D eigenvalue weighted by Gasteiger charge is -2.21. The highest BCUT2D eigenvalue weighted by Crippen LogP contribution is 2.53. The van der Waals surface area contributed by atoms with Crippen molar-refractivity contribution in [2.24, 2.45) is 0 Å². The second-order valence-electron chi connectivity index (χ2n) is 4.11. The van der Waals surface area contributed by atoms with E-state index in [4.69, 9.17) is 14.9 Å². The highest BCUT2D eigenvalue weighted by molar-refractivity contribution is 7.54. The normalized spacial score (nSPS) is 15.2. The van der Waals surface area contributed by atoms with Gasteiger partial charge in [0, 0.05) is 30.6 Å². The molecule has 0 aromatic carbocycles. The van der Waals surface area contributed by atoms with Gasteiger partial charge < -0.3 is 19.3 Å². The largest absolute Gasteiger partial charge is 0.478 e. The Morgan fingerprint density at radius 2 is 2.15 bits per heavy atom. The number of carboxylic acids is 1. The maximum atomic E-state index is 14.1. The van der Waals surface area contributed by atoms with E-state index in [1.165, 1.54) is 0 Å². The van der Waals surface area contributed by atoms with E-state index < -0.39 is 31.2 Å². The number of fused-ring (bicyclic) bond motifs is 1. The Morgan fingerprint density at radius 1 is 1.50 bits per heavy atom. The average molecular weight is 306 g/mol. The molecule has 2 heterocycles. The molecule has 2 aromatic rings. The van der Waals surface area contributed by atoms with Gasteiger partial charge in [0.05, 0.1) is 0 Å². The zero-order valence-electron chi connectivity index (χ0n) is 9.77. The molecule has 0 saturated heterocycles. The number of alkyl halides is 1. The number of halogens is 2. The Bertz CT molecular complexity index is 728. The lowest BCUT2D eigenvalue weighted by atomic mass is 10.2. The summed E-state index contributed by atoms with van der Waals surface area (Å²) in [6.45, 7) is 0. The minimum absolute atomic E-state index is 0.0680. The number of imidazole rings is 1. The first-order chi connectivity index (χ1) is 9.15. The molecule has 0 aliphatic carbocycles.